The lowest BCUT2D eigenvalue weighted by Gasteiger charge is -2.34. The summed E-state index contributed by atoms with van der Waals surface area (Å²) in [7, 11) is 0. The third kappa shape index (κ3) is 8.06. The van der Waals surface area contributed by atoms with E-state index in [1.807, 2.05) is 133 Å². The summed E-state index contributed by atoms with van der Waals surface area (Å²) in [5.74, 6) is 6.37. The Labute approximate surface area is 559 Å². The zero-order valence-corrected chi connectivity index (χ0v) is 52.2. The van der Waals surface area contributed by atoms with Crippen molar-refractivity contribution in [1.29, 1.82) is 0 Å². The molecule has 0 aliphatic carbocycles. The first-order valence-electron chi connectivity index (χ1n) is 32.8. The van der Waals surface area contributed by atoms with E-state index in [-0.39, 0.29) is 0 Å². The van der Waals surface area contributed by atoms with Crippen molar-refractivity contribution < 1.29 is 9.47 Å². The van der Waals surface area contributed by atoms with Crippen LogP contribution in [-0.4, -0.2) is 39.0 Å². The normalized spacial score (nSPS) is 12.6. The van der Waals surface area contributed by atoms with Gasteiger partial charge >= 0.3 is 0 Å². The topological polar surface area (TPSA) is 112 Å². The van der Waals surface area contributed by atoms with Crippen LogP contribution in [0.5, 0.6) is 23.0 Å². The van der Waals surface area contributed by atoms with Gasteiger partial charge in [-0.2, -0.15) is 19.9 Å². The first-order chi connectivity index (χ1) is 48.6. The van der Waals surface area contributed by atoms with E-state index in [2.05, 4.69) is 189 Å². The SMILES string of the molecule is c1ccc(-c2nc(-c3ccccc3)nc(-n3c4ccccc4c4cc5c(cc43)N(c3ccc4c6cccc7c(N8c9ccccc9Oc9cc%10c%11ccccc%11n(-c%11nc(-c%12ccccc%12)nc(-c%12ccccc%12)n%11)c%10cc98)ccc(c8cccc3c84)c76)c3ccccc3O5)n2)cc1. The maximum absolute atomic E-state index is 7.02. The van der Waals surface area contributed by atoms with Gasteiger partial charge in [-0.05, 0) is 105 Å². The monoisotopic (exact) mass is 1250 g/mol. The summed E-state index contributed by atoms with van der Waals surface area (Å²) in [6.07, 6.45) is 0. The molecule has 0 amide bonds. The third-order valence-electron chi connectivity index (χ3n) is 19.5. The van der Waals surface area contributed by atoms with Crippen molar-refractivity contribution in [3.63, 3.8) is 0 Å². The maximum Gasteiger partial charge on any atom is 0.238 e. The summed E-state index contributed by atoms with van der Waals surface area (Å²) in [4.78, 5) is 36.1. The second kappa shape index (κ2) is 21.0. The molecule has 0 bridgehead atoms. The second-order valence-electron chi connectivity index (χ2n) is 24.9. The highest BCUT2D eigenvalue weighted by atomic mass is 16.5. The van der Waals surface area contributed by atoms with Gasteiger partial charge in [-0.3, -0.25) is 9.13 Å². The predicted molar refractivity (Wildman–Crippen MR) is 394 cm³/mol. The molecular formula is C86H50N10O2. The van der Waals surface area contributed by atoms with Crippen LogP contribution in [-0.2, 0) is 0 Å². The maximum atomic E-state index is 7.02. The Balaban J connectivity index is 0.753. The number of benzene rings is 15. The van der Waals surface area contributed by atoms with Crippen LogP contribution < -0.4 is 19.3 Å². The van der Waals surface area contributed by atoms with Gasteiger partial charge in [0.15, 0.2) is 46.3 Å². The minimum absolute atomic E-state index is 0.514. The van der Waals surface area contributed by atoms with Gasteiger partial charge in [-0.15, -0.1) is 0 Å². The van der Waals surface area contributed by atoms with Crippen LogP contribution in [0, 0.1) is 0 Å². The molecule has 0 fully saturated rings. The van der Waals surface area contributed by atoms with Crippen molar-refractivity contribution in [1.82, 2.24) is 39.0 Å². The number of para-hydroxylation sites is 6. The van der Waals surface area contributed by atoms with Crippen molar-refractivity contribution >= 4 is 121 Å². The molecule has 0 radical (unpaired) electrons. The van der Waals surface area contributed by atoms with E-state index >= 15 is 0 Å². The fourth-order valence-electron chi connectivity index (χ4n) is 15.2. The van der Waals surface area contributed by atoms with Crippen LogP contribution in [0.3, 0.4) is 0 Å². The van der Waals surface area contributed by atoms with E-state index < -0.39 is 0 Å². The van der Waals surface area contributed by atoms with Crippen LogP contribution in [0.25, 0.3) is 144 Å². The standard InChI is InChI=1S/C86H50N10O2/c1-5-23-51(24-6-1)81-87-82(52-25-7-2-8-26-52)90-85(89-81)95-65-37-15-13-31-55(65)63-47-77-73(49-71(63)95)93(69-39-17-19-41-75(69)97-77)67-45-43-59-58-34-22-36-62-68(46-44-60(80(58)62)57-33-21-35-61(67)79(57)59)94-70-40-18-20-42-76(70)98-78-48-64-56-32-14-16-38-66(56)96(72(64)50-74(78)94)86-91-83(53-27-9-3-10-28-53)88-84(92-86)54-29-11-4-12-30-54/h1-50H. The molecule has 0 spiro atoms. The third-order valence-corrected chi connectivity index (χ3v) is 19.5. The Morgan fingerprint density at radius 3 is 0.929 bits per heavy atom. The molecule has 12 nitrogen and oxygen atoms in total. The van der Waals surface area contributed by atoms with Crippen molar-refractivity contribution in [3.05, 3.63) is 303 Å². The molecular weight excluding hydrogens is 1210 g/mol. The van der Waals surface area contributed by atoms with Crippen molar-refractivity contribution in [2.45, 2.75) is 0 Å². The van der Waals surface area contributed by atoms with E-state index in [1.165, 1.54) is 10.8 Å². The fourth-order valence-corrected chi connectivity index (χ4v) is 15.2. The van der Waals surface area contributed by atoms with Crippen LogP contribution in [0.15, 0.2) is 303 Å². The van der Waals surface area contributed by atoms with E-state index in [1.54, 1.807) is 0 Å². The highest BCUT2D eigenvalue weighted by Crippen LogP contribution is 2.58. The number of nitrogens with zero attached hydrogens (tertiary/aromatic N) is 10. The lowest BCUT2D eigenvalue weighted by atomic mass is 9.88. The molecule has 0 atom stereocenters. The minimum Gasteiger partial charge on any atom is -0.453 e. The molecule has 0 saturated carbocycles. The van der Waals surface area contributed by atoms with Gasteiger partial charge in [0.05, 0.1) is 56.2 Å². The van der Waals surface area contributed by atoms with Gasteiger partial charge in [0, 0.05) is 54.6 Å². The molecule has 4 aromatic heterocycles. The van der Waals surface area contributed by atoms with Gasteiger partial charge in [-0.1, -0.05) is 231 Å². The highest BCUT2D eigenvalue weighted by Gasteiger charge is 2.34. The molecule has 0 unspecified atom stereocenters. The minimum atomic E-state index is 0.514. The molecule has 2 aliphatic heterocycles. The van der Waals surface area contributed by atoms with Gasteiger partial charge < -0.3 is 19.3 Å². The van der Waals surface area contributed by atoms with Crippen LogP contribution >= 0.6 is 0 Å². The first kappa shape index (κ1) is 53.9. The molecule has 6 heterocycles. The lowest BCUT2D eigenvalue weighted by molar-refractivity contribution is 0.477. The number of rotatable bonds is 8. The predicted octanol–water partition coefficient (Wildman–Crippen LogP) is 22.1. The summed E-state index contributed by atoms with van der Waals surface area (Å²) >= 11 is 0. The number of hydrogen-bond acceptors (Lipinski definition) is 10. The molecule has 21 rings (SSSR count). The largest absolute Gasteiger partial charge is 0.453 e. The molecule has 12 heteroatoms. The Hall–Kier alpha value is -13.6. The van der Waals surface area contributed by atoms with Crippen molar-refractivity contribution in [3.8, 4) is 80.4 Å². The molecule has 0 saturated heterocycles. The Bertz CT molecular complexity index is 5990. The average Bonchev–Trinajstić information content (AvgIpc) is 1.38. The average molecular weight is 1260 g/mol. The van der Waals surface area contributed by atoms with Crippen LogP contribution in [0.2, 0.25) is 0 Å². The molecule has 15 aromatic carbocycles. The number of hydrogen-bond donors (Lipinski definition) is 0. The lowest BCUT2D eigenvalue weighted by Crippen LogP contribution is -2.16. The van der Waals surface area contributed by atoms with E-state index in [0.717, 1.165) is 155 Å². The van der Waals surface area contributed by atoms with E-state index in [0.29, 0.717) is 35.2 Å². The number of ether oxygens (including phenoxy) is 2. The smallest absolute Gasteiger partial charge is 0.238 e. The van der Waals surface area contributed by atoms with Gasteiger partial charge in [-0.25, -0.2) is 9.97 Å². The summed E-state index contributed by atoms with van der Waals surface area (Å²) in [6.45, 7) is 0. The zero-order valence-electron chi connectivity index (χ0n) is 52.2. The second-order valence-corrected chi connectivity index (χ2v) is 24.9. The first-order valence-corrected chi connectivity index (χ1v) is 32.8. The van der Waals surface area contributed by atoms with Crippen molar-refractivity contribution in [2.24, 2.45) is 0 Å². The summed E-state index contributed by atoms with van der Waals surface area (Å²) in [6, 6.07) is 106. The Morgan fingerprint density at radius 1 is 0.204 bits per heavy atom. The summed E-state index contributed by atoms with van der Waals surface area (Å²) in [5, 5.41) is 13.3. The molecule has 456 valence electrons. The fraction of sp³-hybridized carbons (Fsp3) is 0. The summed E-state index contributed by atoms with van der Waals surface area (Å²) in [5.41, 5.74) is 13.0. The zero-order chi connectivity index (χ0) is 64.1. The Morgan fingerprint density at radius 2 is 0.531 bits per heavy atom. The van der Waals surface area contributed by atoms with Crippen LogP contribution in [0.1, 0.15) is 0 Å². The Kier molecular flexibility index (Phi) is 11.5. The molecule has 19 aromatic rings. The van der Waals surface area contributed by atoms with Gasteiger partial charge in [0.1, 0.15) is 0 Å². The molecule has 98 heavy (non-hydrogen) atoms. The van der Waals surface area contributed by atoms with Gasteiger partial charge in [0.25, 0.3) is 0 Å². The van der Waals surface area contributed by atoms with E-state index in [4.69, 9.17) is 39.4 Å². The van der Waals surface area contributed by atoms with E-state index in [9.17, 15) is 0 Å². The summed E-state index contributed by atoms with van der Waals surface area (Å²) < 4.78 is 18.4. The van der Waals surface area contributed by atoms with Crippen LogP contribution in [0.4, 0.5) is 34.1 Å². The van der Waals surface area contributed by atoms with Crippen molar-refractivity contribution in [2.75, 3.05) is 9.80 Å². The number of anilines is 6. The molecule has 0 N–H and O–H groups in total. The van der Waals surface area contributed by atoms with Gasteiger partial charge in [0.2, 0.25) is 11.9 Å². The quantitative estimate of drug-likeness (QED) is 0.108. The molecule has 2 aliphatic rings. The highest BCUT2D eigenvalue weighted by molar-refractivity contribution is 6.36. The number of fused-ring (bicyclic) bond motifs is 12. The number of aromatic nitrogens is 8.